The molecule has 5 aliphatic rings. The van der Waals surface area contributed by atoms with E-state index < -0.39 is 6.04 Å². The number of carbonyl (C=O) groups excluding carboxylic acids is 3. The van der Waals surface area contributed by atoms with Gasteiger partial charge in [-0.1, -0.05) is 24.3 Å². The van der Waals surface area contributed by atoms with Crippen LogP contribution in [0.2, 0.25) is 0 Å². The Morgan fingerprint density at radius 2 is 1.89 bits per heavy atom. The maximum atomic E-state index is 13.2. The van der Waals surface area contributed by atoms with Gasteiger partial charge in [-0.05, 0) is 55.1 Å². The molecule has 2 aromatic carbocycles. The predicted octanol–water partition coefficient (Wildman–Crippen LogP) is 2.40. The van der Waals surface area contributed by atoms with E-state index in [1.165, 1.54) is 22.3 Å². The predicted molar refractivity (Wildman–Crippen MR) is 129 cm³/mol. The van der Waals surface area contributed by atoms with E-state index in [0.29, 0.717) is 38.3 Å². The molecule has 0 saturated carbocycles. The van der Waals surface area contributed by atoms with Crippen LogP contribution < -0.4 is 10.1 Å². The smallest absolute Gasteiger partial charge is 0.255 e. The average molecular weight is 488 g/mol. The lowest BCUT2D eigenvalue weighted by molar-refractivity contribution is -0.136. The summed E-state index contributed by atoms with van der Waals surface area (Å²) in [5.41, 5.74) is 6.71. The Kier molecular flexibility index (Phi) is 4.98. The Labute approximate surface area is 209 Å². The highest BCUT2D eigenvalue weighted by molar-refractivity contribution is 6.05. The fourth-order valence-corrected chi connectivity index (χ4v) is 6.70. The van der Waals surface area contributed by atoms with Crippen molar-refractivity contribution >= 4 is 17.7 Å². The van der Waals surface area contributed by atoms with E-state index in [9.17, 15) is 14.4 Å². The molecule has 186 valence electrons. The molecule has 1 spiro atoms. The molecule has 2 aromatic rings. The summed E-state index contributed by atoms with van der Waals surface area (Å²) in [5.74, 6) is 0.0236. The SMILES string of the molecule is O=C1CCC(N2Cc3c(ccc4c3OCC43CCN(Cc4cccc5c4COC5)CC3)C2=O)C(=O)N1. The van der Waals surface area contributed by atoms with Gasteiger partial charge in [0.15, 0.2) is 0 Å². The standard InChI is InChI=1S/C28H29N3O5/c32-24-7-6-23(26(33)29-24)31-13-20-19(27(31)34)4-5-22-25(20)36-16-28(22)8-10-30(11-9-28)12-17-2-1-3-18-14-35-15-21(17)18/h1-5,23H,6-16H2,(H,29,32,33). The topological polar surface area (TPSA) is 88.2 Å². The Balaban J connectivity index is 1.09. The third-order valence-corrected chi connectivity index (χ3v) is 8.81. The van der Waals surface area contributed by atoms with Crippen LogP contribution in [-0.4, -0.2) is 53.3 Å². The van der Waals surface area contributed by atoms with E-state index in [1.54, 1.807) is 4.90 Å². The number of fused-ring (bicyclic) bond motifs is 5. The first-order chi connectivity index (χ1) is 17.5. The Morgan fingerprint density at radius 1 is 1.03 bits per heavy atom. The van der Waals surface area contributed by atoms with Gasteiger partial charge in [-0.25, -0.2) is 0 Å². The van der Waals surface area contributed by atoms with Gasteiger partial charge in [-0.2, -0.15) is 0 Å². The van der Waals surface area contributed by atoms with Crippen molar-refractivity contribution in [2.24, 2.45) is 0 Å². The molecule has 0 aliphatic carbocycles. The minimum atomic E-state index is -0.610. The van der Waals surface area contributed by atoms with Gasteiger partial charge in [-0.3, -0.25) is 24.6 Å². The van der Waals surface area contributed by atoms with Gasteiger partial charge in [0.2, 0.25) is 11.8 Å². The summed E-state index contributed by atoms with van der Waals surface area (Å²) in [6, 6.07) is 9.90. The molecule has 0 aromatic heterocycles. The minimum Gasteiger partial charge on any atom is -0.492 e. The van der Waals surface area contributed by atoms with Crippen LogP contribution >= 0.6 is 0 Å². The highest BCUT2D eigenvalue weighted by Gasteiger charge is 2.47. The van der Waals surface area contributed by atoms with Crippen LogP contribution in [0.3, 0.4) is 0 Å². The summed E-state index contributed by atoms with van der Waals surface area (Å²) in [7, 11) is 0. The van der Waals surface area contributed by atoms with Gasteiger partial charge in [0, 0.05) is 35.1 Å². The second-order valence-electron chi connectivity index (χ2n) is 10.8. The first-order valence-corrected chi connectivity index (χ1v) is 12.9. The van der Waals surface area contributed by atoms with Crippen molar-refractivity contribution in [1.29, 1.82) is 0 Å². The molecule has 1 N–H and O–H groups in total. The molecule has 1 atom stereocenters. The number of rotatable bonds is 3. The second-order valence-corrected chi connectivity index (χ2v) is 10.8. The van der Waals surface area contributed by atoms with E-state index in [1.807, 2.05) is 6.07 Å². The maximum absolute atomic E-state index is 13.2. The summed E-state index contributed by atoms with van der Waals surface area (Å²) >= 11 is 0. The monoisotopic (exact) mass is 487 g/mol. The highest BCUT2D eigenvalue weighted by Crippen LogP contribution is 2.49. The molecule has 0 radical (unpaired) electrons. The maximum Gasteiger partial charge on any atom is 0.255 e. The largest absolute Gasteiger partial charge is 0.492 e. The number of nitrogens with zero attached hydrogens (tertiary/aromatic N) is 2. The number of hydrogen-bond donors (Lipinski definition) is 1. The quantitative estimate of drug-likeness (QED) is 0.669. The number of carbonyl (C=O) groups is 3. The normalized spacial score (nSPS) is 24.5. The average Bonchev–Trinajstić information content (AvgIpc) is 3.58. The number of hydrogen-bond acceptors (Lipinski definition) is 6. The van der Waals surface area contributed by atoms with Gasteiger partial charge in [0.1, 0.15) is 11.8 Å². The number of amides is 3. The first-order valence-electron chi connectivity index (χ1n) is 12.9. The van der Waals surface area contributed by atoms with Crippen LogP contribution in [-0.2, 0) is 46.0 Å². The summed E-state index contributed by atoms with van der Waals surface area (Å²) < 4.78 is 12.0. The highest BCUT2D eigenvalue weighted by atomic mass is 16.5. The molecule has 36 heavy (non-hydrogen) atoms. The van der Waals surface area contributed by atoms with Gasteiger partial charge in [0.25, 0.3) is 5.91 Å². The van der Waals surface area contributed by atoms with Crippen molar-refractivity contribution in [1.82, 2.24) is 15.1 Å². The Hall–Kier alpha value is -3.23. The zero-order valence-corrected chi connectivity index (χ0v) is 20.2. The molecule has 7 rings (SSSR count). The van der Waals surface area contributed by atoms with Crippen LogP contribution in [0.4, 0.5) is 0 Å². The van der Waals surface area contributed by atoms with E-state index in [4.69, 9.17) is 9.47 Å². The van der Waals surface area contributed by atoms with E-state index in [2.05, 4.69) is 34.5 Å². The molecular formula is C28H29N3O5. The lowest BCUT2D eigenvalue weighted by Gasteiger charge is -2.38. The van der Waals surface area contributed by atoms with E-state index in [-0.39, 0.29) is 29.6 Å². The molecule has 1 unspecified atom stereocenters. The Bertz CT molecular complexity index is 1300. The summed E-state index contributed by atoms with van der Waals surface area (Å²) in [6.07, 6.45) is 2.64. The first kappa shape index (κ1) is 22.0. The van der Waals surface area contributed by atoms with Crippen molar-refractivity contribution in [3.63, 3.8) is 0 Å². The van der Waals surface area contributed by atoms with Gasteiger partial charge in [-0.15, -0.1) is 0 Å². The molecule has 5 heterocycles. The Morgan fingerprint density at radius 3 is 2.72 bits per heavy atom. The third-order valence-electron chi connectivity index (χ3n) is 8.81. The van der Waals surface area contributed by atoms with Gasteiger partial charge >= 0.3 is 0 Å². The van der Waals surface area contributed by atoms with Crippen molar-refractivity contribution in [3.05, 3.63) is 63.7 Å². The third kappa shape index (κ3) is 3.31. The molecule has 5 aliphatic heterocycles. The van der Waals surface area contributed by atoms with Crippen LogP contribution in [0.1, 0.15) is 63.9 Å². The lowest BCUT2D eigenvalue weighted by atomic mass is 9.74. The molecule has 8 heteroatoms. The van der Waals surface area contributed by atoms with Crippen molar-refractivity contribution < 1.29 is 23.9 Å². The zero-order chi connectivity index (χ0) is 24.4. The molecule has 8 nitrogen and oxygen atoms in total. The number of piperidine rings is 2. The minimum absolute atomic E-state index is 0.0340. The molecule has 0 bridgehead atoms. The fraction of sp³-hybridized carbons (Fsp3) is 0.464. The number of imide groups is 1. The number of benzene rings is 2. The summed E-state index contributed by atoms with van der Waals surface area (Å²) in [6.45, 7) is 5.34. The van der Waals surface area contributed by atoms with Crippen LogP contribution in [0.25, 0.3) is 0 Å². The summed E-state index contributed by atoms with van der Waals surface area (Å²) in [4.78, 5) is 41.3. The van der Waals surface area contributed by atoms with Gasteiger partial charge < -0.3 is 14.4 Å². The molecular weight excluding hydrogens is 458 g/mol. The van der Waals surface area contributed by atoms with Gasteiger partial charge in [0.05, 0.1) is 26.4 Å². The number of nitrogens with one attached hydrogen (secondary N) is 1. The molecule has 2 fully saturated rings. The summed E-state index contributed by atoms with van der Waals surface area (Å²) in [5, 5.41) is 2.37. The van der Waals surface area contributed by atoms with Crippen molar-refractivity contribution in [3.8, 4) is 5.75 Å². The van der Waals surface area contributed by atoms with Crippen molar-refractivity contribution in [2.45, 2.75) is 63.4 Å². The number of ether oxygens (including phenoxy) is 2. The van der Waals surface area contributed by atoms with E-state index >= 15 is 0 Å². The fourth-order valence-electron chi connectivity index (χ4n) is 6.70. The van der Waals surface area contributed by atoms with Crippen molar-refractivity contribution in [2.75, 3.05) is 19.7 Å². The van der Waals surface area contributed by atoms with E-state index in [0.717, 1.165) is 43.8 Å². The lowest BCUT2D eigenvalue weighted by Crippen LogP contribution is -2.52. The van der Waals surface area contributed by atoms with Crippen LogP contribution in [0.5, 0.6) is 5.75 Å². The van der Waals surface area contributed by atoms with Crippen LogP contribution in [0.15, 0.2) is 30.3 Å². The van der Waals surface area contributed by atoms with Crippen LogP contribution in [0, 0.1) is 0 Å². The zero-order valence-electron chi connectivity index (χ0n) is 20.2. The molecule has 3 amide bonds. The molecule has 2 saturated heterocycles. The second kappa shape index (κ2) is 8.15. The number of likely N-dealkylation sites (tertiary alicyclic amines) is 1.